The van der Waals surface area contributed by atoms with Crippen LogP contribution in [0.5, 0.6) is 5.75 Å². The molecule has 1 unspecified atom stereocenters. The topological polar surface area (TPSA) is 72.5 Å². The molecule has 0 saturated carbocycles. The molecule has 1 rings (SSSR count). The van der Waals surface area contributed by atoms with E-state index in [1.165, 1.54) is 23.5 Å². The van der Waals surface area contributed by atoms with Crippen molar-refractivity contribution in [3.63, 3.8) is 0 Å². The van der Waals surface area contributed by atoms with Gasteiger partial charge in [0.25, 0.3) is 0 Å². The SMILES string of the molecule is COc1ccc(C(=O)C(=C(SC)SC)C(N)O)cc1. The number of nitrogens with two attached hydrogens (primary N) is 1. The molecule has 0 saturated heterocycles. The van der Waals surface area contributed by atoms with Crippen LogP contribution in [-0.2, 0) is 0 Å². The van der Waals surface area contributed by atoms with Crippen molar-refractivity contribution in [1.82, 2.24) is 0 Å². The zero-order valence-corrected chi connectivity index (χ0v) is 12.7. The Morgan fingerprint density at radius 3 is 2.16 bits per heavy atom. The quantitative estimate of drug-likeness (QED) is 0.476. The number of Topliss-reactive ketones (excluding diaryl/α,β-unsaturated/α-hetero) is 1. The van der Waals surface area contributed by atoms with E-state index in [0.717, 1.165) is 4.24 Å². The molecule has 3 N–H and O–H groups in total. The minimum atomic E-state index is -1.29. The number of hydrogen-bond acceptors (Lipinski definition) is 6. The van der Waals surface area contributed by atoms with Crippen LogP contribution in [0.1, 0.15) is 10.4 Å². The average molecular weight is 299 g/mol. The number of rotatable bonds is 6. The number of thioether (sulfide) groups is 2. The van der Waals surface area contributed by atoms with Crippen molar-refractivity contribution in [3.8, 4) is 5.75 Å². The van der Waals surface area contributed by atoms with Gasteiger partial charge in [0.05, 0.1) is 16.9 Å². The highest BCUT2D eigenvalue weighted by molar-refractivity contribution is 8.21. The van der Waals surface area contributed by atoms with Crippen LogP contribution in [0.4, 0.5) is 0 Å². The lowest BCUT2D eigenvalue weighted by atomic mass is 10.0. The molecule has 19 heavy (non-hydrogen) atoms. The van der Waals surface area contributed by atoms with Crippen molar-refractivity contribution < 1.29 is 14.6 Å². The molecule has 104 valence electrons. The number of carbonyl (C=O) groups is 1. The maximum Gasteiger partial charge on any atom is 0.194 e. The molecular formula is C13H17NO3S2. The second-order valence-corrected chi connectivity index (χ2v) is 5.50. The van der Waals surface area contributed by atoms with E-state index < -0.39 is 6.23 Å². The zero-order valence-electron chi connectivity index (χ0n) is 11.0. The number of ether oxygens (including phenoxy) is 1. The number of benzene rings is 1. The summed E-state index contributed by atoms with van der Waals surface area (Å²) < 4.78 is 5.76. The molecule has 0 spiro atoms. The van der Waals surface area contributed by atoms with Crippen molar-refractivity contribution in [2.75, 3.05) is 19.6 Å². The average Bonchev–Trinajstić information content (AvgIpc) is 2.43. The third kappa shape index (κ3) is 4.01. The Kier molecular flexibility index (Phi) is 6.44. The highest BCUT2D eigenvalue weighted by Crippen LogP contribution is 2.30. The maximum absolute atomic E-state index is 12.4. The van der Waals surface area contributed by atoms with Crippen molar-refractivity contribution in [3.05, 3.63) is 39.6 Å². The Hall–Kier alpha value is -0.950. The first-order chi connectivity index (χ1) is 9.04. The van der Waals surface area contributed by atoms with Crippen LogP contribution in [0.15, 0.2) is 34.1 Å². The number of aliphatic hydroxyl groups is 1. The lowest BCUT2D eigenvalue weighted by Crippen LogP contribution is -2.27. The minimum absolute atomic E-state index is 0.227. The van der Waals surface area contributed by atoms with Gasteiger partial charge in [-0.2, -0.15) is 0 Å². The van der Waals surface area contributed by atoms with Gasteiger partial charge in [0.2, 0.25) is 0 Å². The van der Waals surface area contributed by atoms with Crippen LogP contribution in [0.2, 0.25) is 0 Å². The Morgan fingerprint density at radius 1 is 1.26 bits per heavy atom. The van der Waals surface area contributed by atoms with Gasteiger partial charge in [-0.3, -0.25) is 4.79 Å². The number of ketones is 1. The van der Waals surface area contributed by atoms with Gasteiger partial charge >= 0.3 is 0 Å². The van der Waals surface area contributed by atoms with Crippen molar-refractivity contribution in [2.45, 2.75) is 6.23 Å². The van der Waals surface area contributed by atoms with Crippen LogP contribution in [-0.4, -0.2) is 36.7 Å². The summed E-state index contributed by atoms with van der Waals surface area (Å²) in [5.41, 5.74) is 6.21. The van der Waals surface area contributed by atoms with Crippen molar-refractivity contribution in [1.29, 1.82) is 0 Å². The molecule has 0 fully saturated rings. The van der Waals surface area contributed by atoms with Crippen LogP contribution in [0, 0.1) is 0 Å². The summed E-state index contributed by atoms with van der Waals surface area (Å²) in [7, 11) is 1.56. The van der Waals surface area contributed by atoms with E-state index in [4.69, 9.17) is 10.5 Å². The van der Waals surface area contributed by atoms with Crippen LogP contribution >= 0.6 is 23.5 Å². The lowest BCUT2D eigenvalue weighted by molar-refractivity contribution is 0.0990. The fraction of sp³-hybridized carbons (Fsp3) is 0.308. The fourth-order valence-electron chi connectivity index (χ4n) is 1.55. The van der Waals surface area contributed by atoms with E-state index in [1.807, 2.05) is 12.5 Å². The van der Waals surface area contributed by atoms with Crippen LogP contribution in [0.3, 0.4) is 0 Å². The number of aliphatic hydroxyl groups excluding tert-OH is 1. The Morgan fingerprint density at radius 2 is 1.79 bits per heavy atom. The van der Waals surface area contributed by atoms with Gasteiger partial charge in [0.1, 0.15) is 12.0 Å². The lowest BCUT2D eigenvalue weighted by Gasteiger charge is -2.14. The van der Waals surface area contributed by atoms with Gasteiger partial charge in [-0.1, -0.05) is 0 Å². The van der Waals surface area contributed by atoms with Crippen molar-refractivity contribution >= 4 is 29.3 Å². The van der Waals surface area contributed by atoms with Gasteiger partial charge in [-0.05, 0) is 36.8 Å². The molecule has 0 heterocycles. The summed E-state index contributed by atoms with van der Waals surface area (Å²) in [5, 5.41) is 9.62. The number of hydrogen-bond donors (Lipinski definition) is 2. The normalized spacial score (nSPS) is 11.8. The highest BCUT2D eigenvalue weighted by Gasteiger charge is 2.21. The largest absolute Gasteiger partial charge is 0.497 e. The fourth-order valence-corrected chi connectivity index (χ4v) is 3.08. The molecule has 0 aliphatic heterocycles. The first-order valence-corrected chi connectivity index (χ1v) is 7.94. The summed E-state index contributed by atoms with van der Waals surface area (Å²) in [6.45, 7) is 0. The van der Waals surface area contributed by atoms with Gasteiger partial charge in [-0.15, -0.1) is 23.5 Å². The number of carbonyl (C=O) groups excluding carboxylic acids is 1. The van der Waals surface area contributed by atoms with Gasteiger partial charge in [0.15, 0.2) is 5.78 Å². The first-order valence-electron chi connectivity index (χ1n) is 5.49. The monoisotopic (exact) mass is 299 g/mol. The first kappa shape index (κ1) is 16.1. The van der Waals surface area contributed by atoms with E-state index in [2.05, 4.69) is 0 Å². The Bertz CT molecular complexity index is 463. The van der Waals surface area contributed by atoms with Crippen molar-refractivity contribution in [2.24, 2.45) is 5.73 Å². The van der Waals surface area contributed by atoms with Gasteiger partial charge in [0, 0.05) is 5.56 Å². The third-order valence-electron chi connectivity index (χ3n) is 2.48. The molecule has 6 heteroatoms. The third-order valence-corrected chi connectivity index (χ3v) is 4.66. The standard InChI is InChI=1S/C13H17NO3S2/c1-17-9-6-4-8(5-7-9)11(15)10(12(14)16)13(18-2)19-3/h4-7,12,16H,14H2,1-3H3. The smallest absolute Gasteiger partial charge is 0.194 e. The molecule has 1 aromatic rings. The van der Waals surface area contributed by atoms with E-state index in [1.54, 1.807) is 31.4 Å². The summed E-state index contributed by atoms with van der Waals surface area (Å²) >= 11 is 2.79. The van der Waals surface area contributed by atoms with E-state index >= 15 is 0 Å². The van der Waals surface area contributed by atoms with E-state index in [0.29, 0.717) is 11.3 Å². The van der Waals surface area contributed by atoms with E-state index in [9.17, 15) is 9.90 Å². The second-order valence-electron chi connectivity index (χ2n) is 3.61. The predicted octanol–water partition coefficient (Wildman–Crippen LogP) is 2.09. The summed E-state index contributed by atoms with van der Waals surface area (Å²) in [6.07, 6.45) is 2.40. The predicted molar refractivity (Wildman–Crippen MR) is 81.6 cm³/mol. The minimum Gasteiger partial charge on any atom is -0.497 e. The summed E-state index contributed by atoms with van der Waals surface area (Å²) in [6, 6.07) is 6.71. The molecule has 0 aliphatic rings. The molecular weight excluding hydrogens is 282 g/mol. The molecule has 0 aromatic heterocycles. The zero-order chi connectivity index (χ0) is 14.4. The molecule has 1 atom stereocenters. The van der Waals surface area contributed by atoms with Crippen LogP contribution < -0.4 is 10.5 Å². The van der Waals surface area contributed by atoms with E-state index in [-0.39, 0.29) is 11.4 Å². The number of methoxy groups -OCH3 is 1. The Labute approximate surface area is 121 Å². The highest BCUT2D eigenvalue weighted by atomic mass is 32.2. The maximum atomic E-state index is 12.4. The molecule has 0 amide bonds. The molecule has 4 nitrogen and oxygen atoms in total. The Balaban J connectivity index is 3.16. The molecule has 0 radical (unpaired) electrons. The molecule has 0 bridgehead atoms. The summed E-state index contributed by atoms with van der Waals surface area (Å²) in [4.78, 5) is 12.4. The van der Waals surface area contributed by atoms with Gasteiger partial charge < -0.3 is 15.6 Å². The van der Waals surface area contributed by atoms with Gasteiger partial charge in [-0.25, -0.2) is 0 Å². The second kappa shape index (κ2) is 7.59. The molecule has 1 aromatic carbocycles. The van der Waals surface area contributed by atoms with Crippen LogP contribution in [0.25, 0.3) is 0 Å². The summed E-state index contributed by atoms with van der Waals surface area (Å²) in [5.74, 6) is 0.404. The molecule has 0 aliphatic carbocycles.